The Balaban J connectivity index is 2.11. The molecule has 0 saturated heterocycles. The highest BCUT2D eigenvalue weighted by molar-refractivity contribution is 7.08. The molecule has 0 aromatic carbocycles. The molecule has 66 valence electrons. The molecule has 2 heteroatoms. The summed E-state index contributed by atoms with van der Waals surface area (Å²) >= 11 is 8.06. The van der Waals surface area contributed by atoms with Crippen molar-refractivity contribution < 1.29 is 0 Å². The minimum absolute atomic E-state index is 0.383. The quantitative estimate of drug-likeness (QED) is 0.601. The Bertz CT molecular complexity index is 230. The first kappa shape index (κ1) is 8.58. The van der Waals surface area contributed by atoms with Crippen molar-refractivity contribution in [2.45, 2.75) is 37.0 Å². The summed E-state index contributed by atoms with van der Waals surface area (Å²) in [5.74, 6) is 0.631. The molecule has 1 aromatic heterocycles. The maximum absolute atomic E-state index is 6.28. The lowest BCUT2D eigenvalue weighted by Gasteiger charge is -2.26. The van der Waals surface area contributed by atoms with Crippen molar-refractivity contribution in [3.05, 3.63) is 22.4 Å². The van der Waals surface area contributed by atoms with Crippen LogP contribution in [-0.4, -0.2) is 5.38 Å². The van der Waals surface area contributed by atoms with Gasteiger partial charge >= 0.3 is 0 Å². The fraction of sp³-hybridized carbons (Fsp3) is 0.600. The Labute approximate surface area is 82.6 Å². The van der Waals surface area contributed by atoms with Crippen LogP contribution in [0, 0.1) is 0 Å². The summed E-state index contributed by atoms with van der Waals surface area (Å²) in [6, 6.07) is 2.22. The first-order valence-corrected chi connectivity index (χ1v) is 5.92. The van der Waals surface area contributed by atoms with Gasteiger partial charge in [-0.3, -0.25) is 0 Å². The van der Waals surface area contributed by atoms with Crippen LogP contribution >= 0.6 is 22.9 Å². The molecule has 0 aliphatic heterocycles. The molecule has 2 atom stereocenters. The van der Waals surface area contributed by atoms with Gasteiger partial charge in [-0.15, -0.1) is 11.6 Å². The monoisotopic (exact) mass is 200 g/mol. The van der Waals surface area contributed by atoms with Crippen LogP contribution < -0.4 is 0 Å². The van der Waals surface area contributed by atoms with E-state index in [0.717, 1.165) is 0 Å². The van der Waals surface area contributed by atoms with Crippen LogP contribution in [0.25, 0.3) is 0 Å². The molecule has 0 N–H and O–H groups in total. The van der Waals surface area contributed by atoms with E-state index in [4.69, 9.17) is 11.6 Å². The maximum Gasteiger partial charge on any atom is 0.0404 e. The van der Waals surface area contributed by atoms with Crippen LogP contribution in [0.5, 0.6) is 0 Å². The van der Waals surface area contributed by atoms with Gasteiger partial charge in [0.25, 0.3) is 0 Å². The van der Waals surface area contributed by atoms with Gasteiger partial charge in [0.15, 0.2) is 0 Å². The fourth-order valence-corrected chi connectivity index (χ4v) is 3.10. The highest BCUT2D eigenvalue weighted by Crippen LogP contribution is 2.36. The number of hydrogen-bond acceptors (Lipinski definition) is 1. The minimum atomic E-state index is 0.383. The van der Waals surface area contributed by atoms with Crippen molar-refractivity contribution in [1.29, 1.82) is 0 Å². The highest BCUT2D eigenvalue weighted by Gasteiger charge is 2.24. The van der Waals surface area contributed by atoms with Gasteiger partial charge in [0.2, 0.25) is 0 Å². The summed E-state index contributed by atoms with van der Waals surface area (Å²) in [6.45, 7) is 0. The number of thiophene rings is 1. The summed E-state index contributed by atoms with van der Waals surface area (Å²) < 4.78 is 0. The molecule has 0 amide bonds. The van der Waals surface area contributed by atoms with Crippen LogP contribution in [0.3, 0.4) is 0 Å². The molecular weight excluding hydrogens is 188 g/mol. The van der Waals surface area contributed by atoms with Crippen molar-refractivity contribution in [3.8, 4) is 0 Å². The van der Waals surface area contributed by atoms with Crippen LogP contribution in [0.1, 0.15) is 37.2 Å². The molecule has 2 unspecified atom stereocenters. The van der Waals surface area contributed by atoms with Gasteiger partial charge in [-0.05, 0) is 35.2 Å². The molecule has 1 aromatic rings. The number of halogens is 1. The Kier molecular flexibility index (Phi) is 2.72. The van der Waals surface area contributed by atoms with Crippen molar-refractivity contribution >= 4 is 22.9 Å². The summed E-state index contributed by atoms with van der Waals surface area (Å²) in [7, 11) is 0. The van der Waals surface area contributed by atoms with E-state index in [2.05, 4.69) is 16.8 Å². The Morgan fingerprint density at radius 1 is 1.33 bits per heavy atom. The third-order valence-corrected chi connectivity index (χ3v) is 3.88. The number of alkyl halides is 1. The minimum Gasteiger partial charge on any atom is -0.152 e. The average Bonchev–Trinajstić information content (AvgIpc) is 2.57. The van der Waals surface area contributed by atoms with Crippen molar-refractivity contribution in [1.82, 2.24) is 0 Å². The molecular formula is C10H13ClS. The zero-order valence-corrected chi connectivity index (χ0v) is 8.57. The topological polar surface area (TPSA) is 0 Å². The van der Waals surface area contributed by atoms with Crippen molar-refractivity contribution in [2.75, 3.05) is 0 Å². The predicted octanol–water partition coefficient (Wildman–Crippen LogP) is 4.01. The smallest absolute Gasteiger partial charge is 0.0404 e. The SMILES string of the molecule is ClC1CCCCC1c1ccsc1. The van der Waals surface area contributed by atoms with E-state index in [1.165, 1.54) is 31.2 Å². The number of rotatable bonds is 1. The average molecular weight is 201 g/mol. The Morgan fingerprint density at radius 2 is 2.17 bits per heavy atom. The second-order valence-corrected chi connectivity index (χ2v) is 4.80. The molecule has 12 heavy (non-hydrogen) atoms. The van der Waals surface area contributed by atoms with E-state index >= 15 is 0 Å². The van der Waals surface area contributed by atoms with Crippen molar-refractivity contribution in [2.24, 2.45) is 0 Å². The Hall–Kier alpha value is -0.0100. The van der Waals surface area contributed by atoms with E-state index in [0.29, 0.717) is 11.3 Å². The second-order valence-electron chi connectivity index (χ2n) is 3.46. The highest BCUT2D eigenvalue weighted by atomic mass is 35.5. The summed E-state index contributed by atoms with van der Waals surface area (Å²) in [5, 5.41) is 4.77. The third kappa shape index (κ3) is 1.67. The molecule has 1 aliphatic carbocycles. The zero-order chi connectivity index (χ0) is 8.39. The van der Waals surface area contributed by atoms with Gasteiger partial charge in [-0.2, -0.15) is 11.3 Å². The first-order chi connectivity index (χ1) is 5.88. The van der Waals surface area contributed by atoms with Gasteiger partial charge in [-0.25, -0.2) is 0 Å². The van der Waals surface area contributed by atoms with Crippen LogP contribution in [0.15, 0.2) is 16.8 Å². The maximum atomic E-state index is 6.28. The van der Waals surface area contributed by atoms with Gasteiger partial charge in [0.05, 0.1) is 0 Å². The first-order valence-electron chi connectivity index (χ1n) is 4.54. The van der Waals surface area contributed by atoms with Crippen LogP contribution in [-0.2, 0) is 0 Å². The molecule has 0 spiro atoms. The lowest BCUT2D eigenvalue weighted by molar-refractivity contribution is 0.451. The molecule has 1 aliphatic rings. The van der Waals surface area contributed by atoms with Crippen molar-refractivity contribution in [3.63, 3.8) is 0 Å². The lowest BCUT2D eigenvalue weighted by atomic mass is 9.85. The van der Waals surface area contributed by atoms with Crippen LogP contribution in [0.4, 0.5) is 0 Å². The predicted molar refractivity (Wildman–Crippen MR) is 55.2 cm³/mol. The molecule has 0 radical (unpaired) electrons. The summed E-state index contributed by atoms with van der Waals surface area (Å²) in [5.41, 5.74) is 1.46. The van der Waals surface area contributed by atoms with Gasteiger partial charge < -0.3 is 0 Å². The summed E-state index contributed by atoms with van der Waals surface area (Å²) in [4.78, 5) is 0. The molecule has 1 fully saturated rings. The molecule has 2 rings (SSSR count). The normalized spacial score (nSPS) is 30.4. The second kappa shape index (κ2) is 3.80. The van der Waals surface area contributed by atoms with E-state index in [-0.39, 0.29) is 0 Å². The van der Waals surface area contributed by atoms with E-state index < -0.39 is 0 Å². The summed E-state index contributed by atoms with van der Waals surface area (Å²) in [6.07, 6.45) is 5.14. The van der Waals surface area contributed by atoms with E-state index in [1.807, 2.05) is 0 Å². The van der Waals surface area contributed by atoms with E-state index in [1.54, 1.807) is 11.3 Å². The van der Waals surface area contributed by atoms with Gasteiger partial charge in [0.1, 0.15) is 0 Å². The Morgan fingerprint density at radius 3 is 2.83 bits per heavy atom. The molecule has 0 bridgehead atoms. The van der Waals surface area contributed by atoms with E-state index in [9.17, 15) is 0 Å². The largest absolute Gasteiger partial charge is 0.152 e. The zero-order valence-electron chi connectivity index (χ0n) is 7.00. The number of hydrogen-bond donors (Lipinski definition) is 0. The molecule has 0 nitrogen and oxygen atoms in total. The van der Waals surface area contributed by atoms with Gasteiger partial charge in [0, 0.05) is 11.3 Å². The van der Waals surface area contributed by atoms with Crippen LogP contribution in [0.2, 0.25) is 0 Å². The van der Waals surface area contributed by atoms with Gasteiger partial charge in [-0.1, -0.05) is 12.8 Å². The fourth-order valence-electron chi connectivity index (χ4n) is 1.95. The standard InChI is InChI=1S/C10H13ClS/c11-10-4-2-1-3-9(10)8-5-6-12-7-8/h5-7,9-10H,1-4H2. The lowest BCUT2D eigenvalue weighted by Crippen LogP contribution is -2.16. The molecule has 1 heterocycles. The third-order valence-electron chi connectivity index (χ3n) is 2.65. The molecule has 1 saturated carbocycles.